The summed E-state index contributed by atoms with van der Waals surface area (Å²) in [6, 6.07) is 12.1. The average Bonchev–Trinajstić information content (AvgIpc) is 2.33. The summed E-state index contributed by atoms with van der Waals surface area (Å²) in [5, 5.41) is 3.97. The minimum absolute atomic E-state index is 0.205. The van der Waals surface area contributed by atoms with Gasteiger partial charge in [0, 0.05) is 16.7 Å². The Balaban J connectivity index is 2.08. The van der Waals surface area contributed by atoms with Gasteiger partial charge in [0.2, 0.25) is 0 Å². The second kappa shape index (κ2) is 5.52. The Morgan fingerprint density at radius 1 is 1.18 bits per heavy atom. The number of rotatable bonds is 3. The fourth-order valence-electron chi connectivity index (χ4n) is 1.52. The molecule has 0 fully saturated rings. The Bertz CT molecular complexity index is 482. The first-order valence-corrected chi connectivity index (χ1v) is 6.46. The van der Waals surface area contributed by atoms with Crippen LogP contribution in [0.3, 0.4) is 0 Å². The molecular formula is C13H12BrClN2. The topological polar surface area (TPSA) is 24.9 Å². The van der Waals surface area contributed by atoms with Crippen LogP contribution in [0.15, 0.2) is 47.1 Å². The van der Waals surface area contributed by atoms with Gasteiger partial charge in [0.05, 0.1) is 5.02 Å². The van der Waals surface area contributed by atoms with E-state index in [2.05, 4.69) is 45.3 Å². The van der Waals surface area contributed by atoms with Gasteiger partial charge < -0.3 is 5.32 Å². The maximum atomic E-state index is 5.79. The predicted molar refractivity (Wildman–Crippen MR) is 75.4 cm³/mol. The summed E-state index contributed by atoms with van der Waals surface area (Å²) in [6.07, 6.45) is 1.64. The van der Waals surface area contributed by atoms with Crippen molar-refractivity contribution >= 4 is 33.3 Å². The Morgan fingerprint density at radius 3 is 2.47 bits per heavy atom. The molecule has 2 nitrogen and oxygen atoms in total. The number of benzene rings is 1. The van der Waals surface area contributed by atoms with E-state index < -0.39 is 0 Å². The van der Waals surface area contributed by atoms with Gasteiger partial charge in [0.1, 0.15) is 5.82 Å². The van der Waals surface area contributed by atoms with Crippen molar-refractivity contribution in [1.29, 1.82) is 0 Å². The van der Waals surface area contributed by atoms with Crippen LogP contribution in [0.25, 0.3) is 0 Å². The third kappa shape index (κ3) is 3.45. The predicted octanol–water partition coefficient (Wildman–Crippen LogP) is 4.67. The van der Waals surface area contributed by atoms with Crippen LogP contribution in [0.4, 0.5) is 5.82 Å². The van der Waals surface area contributed by atoms with E-state index in [1.807, 2.05) is 24.3 Å². The molecule has 0 radical (unpaired) electrons. The molecule has 1 atom stereocenters. The number of nitrogens with zero attached hydrogens (tertiary/aromatic N) is 1. The van der Waals surface area contributed by atoms with Crippen LogP contribution in [0.5, 0.6) is 0 Å². The number of hydrogen-bond donors (Lipinski definition) is 1. The van der Waals surface area contributed by atoms with E-state index in [0.717, 1.165) is 10.3 Å². The van der Waals surface area contributed by atoms with Crippen LogP contribution in [-0.2, 0) is 0 Å². The molecule has 1 heterocycles. The van der Waals surface area contributed by atoms with E-state index in [4.69, 9.17) is 11.6 Å². The van der Waals surface area contributed by atoms with Crippen molar-refractivity contribution in [3.05, 3.63) is 57.7 Å². The monoisotopic (exact) mass is 310 g/mol. The number of aromatic nitrogens is 1. The molecule has 0 bridgehead atoms. The van der Waals surface area contributed by atoms with Crippen LogP contribution in [-0.4, -0.2) is 4.98 Å². The van der Waals surface area contributed by atoms with Crippen molar-refractivity contribution in [1.82, 2.24) is 4.98 Å². The van der Waals surface area contributed by atoms with Gasteiger partial charge in [0.15, 0.2) is 0 Å². The Morgan fingerprint density at radius 2 is 1.88 bits per heavy atom. The van der Waals surface area contributed by atoms with Crippen molar-refractivity contribution in [2.75, 3.05) is 5.32 Å². The molecule has 2 aromatic rings. The molecule has 0 amide bonds. The highest BCUT2D eigenvalue weighted by Crippen LogP contribution is 2.20. The molecule has 0 spiro atoms. The Hall–Kier alpha value is -1.06. The Labute approximate surface area is 114 Å². The van der Waals surface area contributed by atoms with Gasteiger partial charge in [-0.05, 0) is 36.8 Å². The number of hydrogen-bond acceptors (Lipinski definition) is 2. The van der Waals surface area contributed by atoms with E-state index in [1.165, 1.54) is 5.56 Å². The normalized spacial score (nSPS) is 12.2. The molecule has 0 saturated carbocycles. The van der Waals surface area contributed by atoms with E-state index in [0.29, 0.717) is 5.02 Å². The summed E-state index contributed by atoms with van der Waals surface area (Å²) in [4.78, 5) is 4.21. The zero-order chi connectivity index (χ0) is 12.3. The van der Waals surface area contributed by atoms with E-state index in [1.54, 1.807) is 6.20 Å². The summed E-state index contributed by atoms with van der Waals surface area (Å²) in [6.45, 7) is 2.10. The molecule has 1 N–H and O–H groups in total. The molecule has 1 aromatic carbocycles. The van der Waals surface area contributed by atoms with Gasteiger partial charge >= 0.3 is 0 Å². The molecular weight excluding hydrogens is 300 g/mol. The van der Waals surface area contributed by atoms with E-state index in [-0.39, 0.29) is 6.04 Å². The fourth-order valence-corrected chi connectivity index (χ4v) is 1.89. The molecule has 2 rings (SSSR count). The van der Waals surface area contributed by atoms with Gasteiger partial charge in [-0.15, -0.1) is 0 Å². The summed E-state index contributed by atoms with van der Waals surface area (Å²) in [5.41, 5.74) is 1.21. The molecule has 17 heavy (non-hydrogen) atoms. The smallest absolute Gasteiger partial charge is 0.126 e. The summed E-state index contributed by atoms with van der Waals surface area (Å²) in [7, 11) is 0. The zero-order valence-corrected chi connectivity index (χ0v) is 11.7. The van der Waals surface area contributed by atoms with Crippen molar-refractivity contribution in [2.45, 2.75) is 13.0 Å². The van der Waals surface area contributed by atoms with Crippen molar-refractivity contribution < 1.29 is 0 Å². The van der Waals surface area contributed by atoms with Crippen LogP contribution in [0.2, 0.25) is 5.02 Å². The standard InChI is InChI=1S/C13H12BrClN2/c1-9(10-2-4-11(14)5-3-10)17-13-7-6-12(15)8-16-13/h2-9H,1H3,(H,16,17). The van der Waals surface area contributed by atoms with Gasteiger partial charge in [-0.2, -0.15) is 0 Å². The maximum absolute atomic E-state index is 5.79. The molecule has 0 aliphatic heterocycles. The number of anilines is 1. The van der Waals surface area contributed by atoms with Gasteiger partial charge in [-0.25, -0.2) is 4.98 Å². The lowest BCUT2D eigenvalue weighted by atomic mass is 10.1. The third-order valence-corrected chi connectivity index (χ3v) is 3.21. The van der Waals surface area contributed by atoms with Crippen LogP contribution >= 0.6 is 27.5 Å². The van der Waals surface area contributed by atoms with E-state index >= 15 is 0 Å². The van der Waals surface area contributed by atoms with Gasteiger partial charge in [-0.3, -0.25) is 0 Å². The molecule has 1 aromatic heterocycles. The first-order chi connectivity index (χ1) is 8.15. The quantitative estimate of drug-likeness (QED) is 0.891. The molecule has 4 heteroatoms. The first kappa shape index (κ1) is 12.4. The molecule has 0 aliphatic carbocycles. The number of halogens is 2. The zero-order valence-electron chi connectivity index (χ0n) is 9.32. The summed E-state index contributed by atoms with van der Waals surface area (Å²) < 4.78 is 1.08. The minimum atomic E-state index is 0.205. The highest BCUT2D eigenvalue weighted by Gasteiger charge is 2.05. The molecule has 0 aliphatic rings. The molecule has 0 saturated heterocycles. The lowest BCUT2D eigenvalue weighted by Gasteiger charge is -2.14. The second-order valence-electron chi connectivity index (χ2n) is 3.78. The summed E-state index contributed by atoms with van der Waals surface area (Å²) in [5.74, 6) is 0.824. The highest BCUT2D eigenvalue weighted by molar-refractivity contribution is 9.10. The van der Waals surface area contributed by atoms with Gasteiger partial charge in [0.25, 0.3) is 0 Å². The highest BCUT2D eigenvalue weighted by atomic mass is 79.9. The second-order valence-corrected chi connectivity index (χ2v) is 5.13. The van der Waals surface area contributed by atoms with Crippen molar-refractivity contribution in [3.8, 4) is 0 Å². The fraction of sp³-hybridized carbons (Fsp3) is 0.154. The maximum Gasteiger partial charge on any atom is 0.126 e. The van der Waals surface area contributed by atoms with E-state index in [9.17, 15) is 0 Å². The van der Waals surface area contributed by atoms with Crippen molar-refractivity contribution in [2.24, 2.45) is 0 Å². The number of pyridine rings is 1. The SMILES string of the molecule is CC(Nc1ccc(Cl)cn1)c1ccc(Br)cc1. The lowest BCUT2D eigenvalue weighted by molar-refractivity contribution is 0.874. The van der Waals surface area contributed by atoms with Gasteiger partial charge in [-0.1, -0.05) is 39.7 Å². The Kier molecular flexibility index (Phi) is 4.02. The number of nitrogens with one attached hydrogen (secondary N) is 1. The third-order valence-electron chi connectivity index (χ3n) is 2.46. The molecule has 1 unspecified atom stereocenters. The summed E-state index contributed by atoms with van der Waals surface area (Å²) >= 11 is 9.21. The lowest BCUT2D eigenvalue weighted by Crippen LogP contribution is -2.07. The molecule has 88 valence electrons. The first-order valence-electron chi connectivity index (χ1n) is 5.29. The van der Waals surface area contributed by atoms with Crippen molar-refractivity contribution in [3.63, 3.8) is 0 Å². The minimum Gasteiger partial charge on any atom is -0.364 e. The largest absolute Gasteiger partial charge is 0.364 e. The van der Waals surface area contributed by atoms with Crippen LogP contribution in [0.1, 0.15) is 18.5 Å². The van der Waals surface area contributed by atoms with Crippen LogP contribution < -0.4 is 5.32 Å². The average molecular weight is 312 g/mol. The van der Waals surface area contributed by atoms with Crippen LogP contribution in [0, 0.1) is 0 Å².